The lowest BCUT2D eigenvalue weighted by Gasteiger charge is -2.22. The van der Waals surface area contributed by atoms with Gasteiger partial charge in [0.2, 0.25) is 5.91 Å². The Morgan fingerprint density at radius 3 is 2.26 bits per heavy atom. The van der Waals surface area contributed by atoms with E-state index in [-0.39, 0.29) is 11.5 Å². The maximum absolute atomic E-state index is 13.8. The smallest absolute Gasteiger partial charge is 0.255 e. The highest BCUT2D eigenvalue weighted by Crippen LogP contribution is 2.20. The fourth-order valence-electron chi connectivity index (χ4n) is 2.42. The molecule has 0 aromatic heterocycles. The molecule has 5 nitrogen and oxygen atoms in total. The molecule has 2 rings (SSSR count). The van der Waals surface area contributed by atoms with Crippen molar-refractivity contribution in [1.82, 2.24) is 5.32 Å². The summed E-state index contributed by atoms with van der Waals surface area (Å²) in [6.45, 7) is 3.35. The van der Waals surface area contributed by atoms with Gasteiger partial charge in [-0.2, -0.15) is 0 Å². The fourth-order valence-corrected chi connectivity index (χ4v) is 2.42. The molecule has 0 aliphatic carbocycles. The molecule has 2 aromatic rings. The van der Waals surface area contributed by atoms with Gasteiger partial charge in [-0.15, -0.1) is 0 Å². The number of halogens is 3. The van der Waals surface area contributed by atoms with Gasteiger partial charge in [0, 0.05) is 12.1 Å². The molecule has 0 saturated heterocycles. The molecule has 0 saturated carbocycles. The highest BCUT2D eigenvalue weighted by atomic mass is 19.2. The molecule has 2 amide bonds. The van der Waals surface area contributed by atoms with Gasteiger partial charge < -0.3 is 15.4 Å². The first-order valence-electron chi connectivity index (χ1n) is 8.14. The number of carbonyl (C=O) groups is 2. The van der Waals surface area contributed by atoms with Gasteiger partial charge in [-0.3, -0.25) is 9.59 Å². The van der Waals surface area contributed by atoms with Crippen LogP contribution in [0, 0.1) is 23.4 Å². The molecule has 0 aliphatic rings. The van der Waals surface area contributed by atoms with Crippen molar-refractivity contribution in [3.63, 3.8) is 0 Å². The van der Waals surface area contributed by atoms with Crippen LogP contribution in [0.2, 0.25) is 0 Å². The van der Waals surface area contributed by atoms with Gasteiger partial charge in [-0.05, 0) is 18.1 Å². The summed E-state index contributed by atoms with van der Waals surface area (Å²) in [5, 5.41) is 4.73. The van der Waals surface area contributed by atoms with Crippen LogP contribution in [0.1, 0.15) is 24.2 Å². The SMILES string of the molecule is COc1ccccc1C(=O)NC(C(=O)Nc1cc(F)c(F)cc1F)C(C)C. The average Bonchev–Trinajstić information content (AvgIpc) is 2.63. The molecule has 0 bridgehead atoms. The number of benzene rings is 2. The number of para-hydroxylation sites is 1. The Balaban J connectivity index is 2.21. The molecule has 1 atom stereocenters. The third kappa shape index (κ3) is 4.78. The summed E-state index contributed by atoms with van der Waals surface area (Å²) in [5.41, 5.74) is -0.298. The Labute approximate surface area is 154 Å². The number of anilines is 1. The average molecular weight is 380 g/mol. The monoisotopic (exact) mass is 380 g/mol. The summed E-state index contributed by atoms with van der Waals surface area (Å²) in [5.74, 6) is -5.16. The second-order valence-electron chi connectivity index (χ2n) is 6.13. The lowest BCUT2D eigenvalue weighted by atomic mass is 10.0. The summed E-state index contributed by atoms with van der Waals surface area (Å²) in [7, 11) is 1.41. The molecule has 8 heteroatoms. The Bertz CT molecular complexity index is 856. The van der Waals surface area contributed by atoms with Crippen LogP contribution in [0.25, 0.3) is 0 Å². The third-order valence-corrected chi connectivity index (χ3v) is 3.86. The van der Waals surface area contributed by atoms with Crippen LogP contribution in [0.4, 0.5) is 18.9 Å². The molecular weight excluding hydrogens is 361 g/mol. The number of amides is 2. The summed E-state index contributed by atoms with van der Waals surface area (Å²) in [4.78, 5) is 25.0. The van der Waals surface area contributed by atoms with Crippen LogP contribution in [0.15, 0.2) is 36.4 Å². The Morgan fingerprint density at radius 2 is 1.63 bits per heavy atom. The number of carbonyl (C=O) groups excluding carboxylic acids is 2. The van der Waals surface area contributed by atoms with Gasteiger partial charge in [0.05, 0.1) is 18.4 Å². The largest absolute Gasteiger partial charge is 0.496 e. The Kier molecular flexibility index (Phi) is 6.44. The van der Waals surface area contributed by atoms with Gasteiger partial charge in [-0.25, -0.2) is 13.2 Å². The number of hydrogen-bond acceptors (Lipinski definition) is 3. The number of methoxy groups -OCH3 is 1. The first kappa shape index (κ1) is 20.3. The summed E-state index contributed by atoms with van der Waals surface area (Å²) in [6.07, 6.45) is 0. The molecular formula is C19H19F3N2O3. The van der Waals surface area contributed by atoms with Crippen LogP contribution >= 0.6 is 0 Å². The standard InChI is InChI=1S/C19H19F3N2O3/c1-10(2)17(24-18(25)11-6-4-5-7-16(11)27-3)19(26)23-15-9-13(21)12(20)8-14(15)22/h4-10,17H,1-3H3,(H,23,26)(H,24,25). The van der Waals surface area contributed by atoms with Crippen LogP contribution in [0.5, 0.6) is 5.75 Å². The van der Waals surface area contributed by atoms with Crippen LogP contribution in [-0.4, -0.2) is 25.0 Å². The van der Waals surface area contributed by atoms with E-state index in [0.29, 0.717) is 17.9 Å². The topological polar surface area (TPSA) is 67.4 Å². The van der Waals surface area contributed by atoms with E-state index in [1.54, 1.807) is 32.0 Å². The van der Waals surface area contributed by atoms with Crippen LogP contribution < -0.4 is 15.4 Å². The lowest BCUT2D eigenvalue weighted by molar-refractivity contribution is -0.118. The zero-order valence-corrected chi connectivity index (χ0v) is 15.0. The zero-order valence-electron chi connectivity index (χ0n) is 15.0. The first-order chi connectivity index (χ1) is 12.7. The van der Waals surface area contributed by atoms with Crippen molar-refractivity contribution in [3.8, 4) is 5.75 Å². The molecule has 2 aromatic carbocycles. The van der Waals surface area contributed by atoms with Gasteiger partial charge >= 0.3 is 0 Å². The zero-order chi connectivity index (χ0) is 20.1. The van der Waals surface area contributed by atoms with Crippen molar-refractivity contribution in [3.05, 3.63) is 59.4 Å². The molecule has 0 aliphatic heterocycles. The maximum Gasteiger partial charge on any atom is 0.255 e. The maximum atomic E-state index is 13.8. The molecule has 144 valence electrons. The van der Waals surface area contributed by atoms with E-state index in [0.717, 1.165) is 0 Å². The van der Waals surface area contributed by atoms with E-state index in [9.17, 15) is 22.8 Å². The molecule has 0 spiro atoms. The van der Waals surface area contributed by atoms with Crippen molar-refractivity contribution in [2.45, 2.75) is 19.9 Å². The predicted octanol–water partition coefficient (Wildman–Crippen LogP) is 3.51. The van der Waals surface area contributed by atoms with E-state index >= 15 is 0 Å². The first-order valence-corrected chi connectivity index (χ1v) is 8.14. The minimum Gasteiger partial charge on any atom is -0.496 e. The van der Waals surface area contributed by atoms with Gasteiger partial charge in [0.25, 0.3) is 5.91 Å². The van der Waals surface area contributed by atoms with Crippen molar-refractivity contribution in [2.24, 2.45) is 5.92 Å². The second kappa shape index (κ2) is 8.57. The highest BCUT2D eigenvalue weighted by molar-refractivity contribution is 6.02. The van der Waals surface area contributed by atoms with Crippen molar-refractivity contribution < 1.29 is 27.5 Å². The third-order valence-electron chi connectivity index (χ3n) is 3.86. The normalized spacial score (nSPS) is 11.8. The quantitative estimate of drug-likeness (QED) is 0.754. The lowest BCUT2D eigenvalue weighted by Crippen LogP contribution is -2.47. The summed E-state index contributed by atoms with van der Waals surface area (Å²) in [6, 6.07) is 6.28. The second-order valence-corrected chi connectivity index (χ2v) is 6.13. The summed E-state index contributed by atoms with van der Waals surface area (Å²) < 4.78 is 45.2. The number of hydrogen-bond donors (Lipinski definition) is 2. The highest BCUT2D eigenvalue weighted by Gasteiger charge is 2.27. The predicted molar refractivity (Wildman–Crippen MR) is 94.0 cm³/mol. The van der Waals surface area contributed by atoms with E-state index in [1.165, 1.54) is 13.2 Å². The molecule has 0 fully saturated rings. The van der Waals surface area contributed by atoms with Crippen LogP contribution in [0.3, 0.4) is 0 Å². The van der Waals surface area contributed by atoms with E-state index in [4.69, 9.17) is 4.74 Å². The summed E-state index contributed by atoms with van der Waals surface area (Å²) >= 11 is 0. The fraction of sp³-hybridized carbons (Fsp3) is 0.263. The molecule has 0 heterocycles. The van der Waals surface area contributed by atoms with E-state index < -0.39 is 41.0 Å². The minimum atomic E-state index is -1.37. The number of nitrogens with one attached hydrogen (secondary N) is 2. The number of ether oxygens (including phenoxy) is 1. The number of rotatable bonds is 6. The van der Waals surface area contributed by atoms with Gasteiger partial charge in [0.15, 0.2) is 11.6 Å². The molecule has 0 radical (unpaired) electrons. The van der Waals surface area contributed by atoms with Gasteiger partial charge in [0.1, 0.15) is 17.6 Å². The Hall–Kier alpha value is -3.03. The van der Waals surface area contributed by atoms with Crippen LogP contribution in [-0.2, 0) is 4.79 Å². The van der Waals surface area contributed by atoms with Crippen molar-refractivity contribution in [1.29, 1.82) is 0 Å². The minimum absolute atomic E-state index is 0.220. The molecule has 27 heavy (non-hydrogen) atoms. The van der Waals surface area contributed by atoms with E-state index in [2.05, 4.69) is 10.6 Å². The van der Waals surface area contributed by atoms with E-state index in [1.807, 2.05) is 0 Å². The van der Waals surface area contributed by atoms with Crippen molar-refractivity contribution >= 4 is 17.5 Å². The molecule has 1 unspecified atom stereocenters. The van der Waals surface area contributed by atoms with Gasteiger partial charge in [-0.1, -0.05) is 26.0 Å². The molecule has 2 N–H and O–H groups in total. The van der Waals surface area contributed by atoms with Crippen molar-refractivity contribution in [2.75, 3.05) is 12.4 Å². The Morgan fingerprint density at radius 1 is 1.00 bits per heavy atom.